The highest BCUT2D eigenvalue weighted by molar-refractivity contribution is 7.80. The van der Waals surface area contributed by atoms with Crippen molar-refractivity contribution >= 4 is 58.3 Å². The number of benzene rings is 2. The number of thiocarbonyl (C=S) groups is 1. The van der Waals surface area contributed by atoms with Crippen LogP contribution in [0.1, 0.15) is 11.1 Å². The molecule has 0 aliphatic carbocycles. The molecule has 0 saturated heterocycles. The maximum Gasteiger partial charge on any atom is 0.187 e. The van der Waals surface area contributed by atoms with E-state index in [1.807, 2.05) is 24.3 Å². The fraction of sp³-hybridized carbons (Fsp3) is 0.111. The molecule has 0 heterocycles. The van der Waals surface area contributed by atoms with Gasteiger partial charge in [-0.05, 0) is 36.5 Å². The van der Waals surface area contributed by atoms with Gasteiger partial charge in [0.05, 0.1) is 16.3 Å². The van der Waals surface area contributed by atoms with Crippen molar-refractivity contribution in [2.24, 2.45) is 5.10 Å². The van der Waals surface area contributed by atoms with E-state index in [1.165, 1.54) is 0 Å². The molecule has 0 unspecified atom stereocenters. The highest BCUT2D eigenvalue weighted by Gasteiger charge is 2.11. The summed E-state index contributed by atoms with van der Waals surface area (Å²) >= 11 is 23.5. The first kappa shape index (κ1) is 20.5. The Hall–Kier alpha value is -1.79. The fourth-order valence-corrected chi connectivity index (χ4v) is 2.73. The number of halogens is 3. The summed E-state index contributed by atoms with van der Waals surface area (Å²) in [7, 11) is 0. The van der Waals surface area contributed by atoms with Crippen molar-refractivity contribution in [1.82, 2.24) is 10.7 Å². The number of ether oxygens (including phenoxy) is 1. The van der Waals surface area contributed by atoms with E-state index in [0.717, 1.165) is 5.56 Å². The first-order valence-corrected chi connectivity index (χ1v) is 9.09. The summed E-state index contributed by atoms with van der Waals surface area (Å²) in [5, 5.41) is 8.70. The first-order chi connectivity index (χ1) is 12.5. The SMILES string of the molecule is C=CCNC(=S)NN=Cc1ccccc1OCc1c(Cl)ccc(Cl)c1Cl. The summed E-state index contributed by atoms with van der Waals surface area (Å²) in [4.78, 5) is 0. The van der Waals surface area contributed by atoms with E-state index in [1.54, 1.807) is 24.4 Å². The Bertz CT molecular complexity index is 827. The van der Waals surface area contributed by atoms with Gasteiger partial charge >= 0.3 is 0 Å². The molecule has 0 amide bonds. The van der Waals surface area contributed by atoms with Crippen molar-refractivity contribution in [2.45, 2.75) is 6.61 Å². The van der Waals surface area contributed by atoms with Crippen LogP contribution in [-0.4, -0.2) is 17.9 Å². The van der Waals surface area contributed by atoms with Crippen molar-refractivity contribution < 1.29 is 4.74 Å². The van der Waals surface area contributed by atoms with Crippen LogP contribution in [0.5, 0.6) is 5.75 Å². The number of nitrogens with zero attached hydrogens (tertiary/aromatic N) is 1. The zero-order chi connectivity index (χ0) is 18.9. The zero-order valence-electron chi connectivity index (χ0n) is 13.6. The number of rotatable bonds is 7. The molecule has 2 rings (SSSR count). The largest absolute Gasteiger partial charge is 0.488 e. The van der Waals surface area contributed by atoms with Gasteiger partial charge in [-0.2, -0.15) is 5.10 Å². The maximum atomic E-state index is 6.20. The molecule has 8 heteroatoms. The third kappa shape index (κ3) is 5.88. The van der Waals surface area contributed by atoms with Crippen LogP contribution in [0.25, 0.3) is 0 Å². The van der Waals surface area contributed by atoms with E-state index in [4.69, 9.17) is 51.8 Å². The monoisotopic (exact) mass is 427 g/mol. The summed E-state index contributed by atoms with van der Waals surface area (Å²) < 4.78 is 5.85. The van der Waals surface area contributed by atoms with Crippen LogP contribution in [0.15, 0.2) is 54.2 Å². The van der Waals surface area contributed by atoms with E-state index in [-0.39, 0.29) is 6.61 Å². The second kappa shape index (κ2) is 10.4. The average molecular weight is 429 g/mol. The highest BCUT2D eigenvalue weighted by atomic mass is 35.5. The number of hydrogen-bond donors (Lipinski definition) is 2. The number of nitrogens with one attached hydrogen (secondary N) is 2. The zero-order valence-corrected chi connectivity index (χ0v) is 16.7. The Morgan fingerprint density at radius 3 is 2.65 bits per heavy atom. The molecule has 2 N–H and O–H groups in total. The topological polar surface area (TPSA) is 45.7 Å². The van der Waals surface area contributed by atoms with E-state index >= 15 is 0 Å². The van der Waals surface area contributed by atoms with Crippen LogP contribution in [0.2, 0.25) is 15.1 Å². The quantitative estimate of drug-likeness (QED) is 0.209. The van der Waals surface area contributed by atoms with Gasteiger partial charge in [0.1, 0.15) is 12.4 Å². The van der Waals surface area contributed by atoms with Crippen LogP contribution < -0.4 is 15.5 Å². The lowest BCUT2D eigenvalue weighted by Gasteiger charge is -2.12. The molecule has 0 aliphatic rings. The third-order valence-corrected chi connectivity index (χ3v) is 4.64. The number of hydrazone groups is 1. The van der Waals surface area contributed by atoms with Crippen LogP contribution in [-0.2, 0) is 6.61 Å². The second-order valence-corrected chi connectivity index (χ2v) is 6.62. The van der Waals surface area contributed by atoms with Gasteiger partial charge in [0.15, 0.2) is 5.11 Å². The van der Waals surface area contributed by atoms with Crippen molar-refractivity contribution in [3.05, 3.63) is 75.2 Å². The average Bonchev–Trinajstić information content (AvgIpc) is 2.64. The Balaban J connectivity index is 2.06. The lowest BCUT2D eigenvalue weighted by atomic mass is 10.2. The molecule has 0 fully saturated rings. The smallest absolute Gasteiger partial charge is 0.187 e. The van der Waals surface area contributed by atoms with E-state index in [9.17, 15) is 0 Å². The van der Waals surface area contributed by atoms with Crippen molar-refractivity contribution in [3.63, 3.8) is 0 Å². The Morgan fingerprint density at radius 1 is 1.15 bits per heavy atom. The summed E-state index contributed by atoms with van der Waals surface area (Å²) in [5.41, 5.74) is 4.11. The van der Waals surface area contributed by atoms with Crippen LogP contribution in [0.3, 0.4) is 0 Å². The summed E-state index contributed by atoms with van der Waals surface area (Å²) in [6.45, 7) is 4.34. The van der Waals surface area contributed by atoms with Gasteiger partial charge < -0.3 is 10.1 Å². The van der Waals surface area contributed by atoms with Gasteiger partial charge in [0.25, 0.3) is 0 Å². The molecular weight excluding hydrogens is 413 g/mol. The molecule has 2 aromatic rings. The molecule has 0 atom stereocenters. The molecule has 26 heavy (non-hydrogen) atoms. The third-order valence-electron chi connectivity index (χ3n) is 3.21. The van der Waals surface area contributed by atoms with Crippen molar-refractivity contribution in [1.29, 1.82) is 0 Å². The molecule has 4 nitrogen and oxygen atoms in total. The predicted octanol–water partition coefficient (Wildman–Crippen LogP) is 5.21. The van der Waals surface area contributed by atoms with Gasteiger partial charge in [-0.3, -0.25) is 5.43 Å². The van der Waals surface area contributed by atoms with E-state index in [0.29, 0.717) is 38.0 Å². The van der Waals surface area contributed by atoms with Crippen LogP contribution >= 0.6 is 47.0 Å². The van der Waals surface area contributed by atoms with Crippen LogP contribution in [0, 0.1) is 0 Å². The van der Waals surface area contributed by atoms with Gasteiger partial charge in [-0.15, -0.1) is 6.58 Å². The van der Waals surface area contributed by atoms with Crippen molar-refractivity contribution in [2.75, 3.05) is 6.54 Å². The van der Waals surface area contributed by atoms with Gasteiger partial charge in [0, 0.05) is 22.7 Å². The maximum absolute atomic E-state index is 6.20. The molecule has 0 aliphatic heterocycles. The first-order valence-electron chi connectivity index (χ1n) is 7.55. The lowest BCUT2D eigenvalue weighted by molar-refractivity contribution is 0.306. The predicted molar refractivity (Wildman–Crippen MR) is 114 cm³/mol. The van der Waals surface area contributed by atoms with Crippen LogP contribution in [0.4, 0.5) is 0 Å². The van der Waals surface area contributed by atoms with Gasteiger partial charge in [-0.25, -0.2) is 0 Å². The Kier molecular flexibility index (Phi) is 8.19. The molecule has 0 bridgehead atoms. The minimum absolute atomic E-state index is 0.176. The summed E-state index contributed by atoms with van der Waals surface area (Å²) in [6.07, 6.45) is 3.31. The minimum Gasteiger partial charge on any atom is -0.488 e. The Labute approximate surface area is 172 Å². The molecule has 0 saturated carbocycles. The normalized spacial score (nSPS) is 10.6. The fourth-order valence-electron chi connectivity index (χ4n) is 1.93. The van der Waals surface area contributed by atoms with Gasteiger partial charge in [-0.1, -0.05) is 53.0 Å². The summed E-state index contributed by atoms with van der Waals surface area (Å²) in [6, 6.07) is 10.7. The standard InChI is InChI=1S/C18H16Cl3N3OS/c1-2-9-22-18(26)24-23-10-12-5-3-4-6-16(12)25-11-13-14(19)7-8-15(20)17(13)21/h2-8,10H,1,9,11H2,(H2,22,24,26). The summed E-state index contributed by atoms with van der Waals surface area (Å²) in [5.74, 6) is 0.620. The number of hydrogen-bond acceptors (Lipinski definition) is 3. The molecule has 0 radical (unpaired) electrons. The molecule has 2 aromatic carbocycles. The van der Waals surface area contributed by atoms with Crippen molar-refractivity contribution in [3.8, 4) is 5.75 Å². The van der Waals surface area contributed by atoms with E-state index < -0.39 is 0 Å². The second-order valence-electron chi connectivity index (χ2n) is 5.02. The molecule has 0 aromatic heterocycles. The van der Waals surface area contributed by atoms with E-state index in [2.05, 4.69) is 22.4 Å². The highest BCUT2D eigenvalue weighted by Crippen LogP contribution is 2.32. The molecule has 136 valence electrons. The minimum atomic E-state index is 0.176. The van der Waals surface area contributed by atoms with Gasteiger partial charge in [0.2, 0.25) is 0 Å². The lowest BCUT2D eigenvalue weighted by Crippen LogP contribution is -2.31. The number of para-hydroxylation sites is 1. The molecular formula is C18H16Cl3N3OS. The molecule has 0 spiro atoms. The Morgan fingerprint density at radius 2 is 1.88 bits per heavy atom.